The first-order valence-corrected chi connectivity index (χ1v) is 8.28. The predicted molar refractivity (Wildman–Crippen MR) is 84.2 cm³/mol. The fourth-order valence-electron chi connectivity index (χ4n) is 3.34. The maximum Gasteiger partial charge on any atom is 0.159 e. The molecule has 1 fully saturated rings. The van der Waals surface area contributed by atoms with Gasteiger partial charge in [-0.05, 0) is 55.2 Å². The van der Waals surface area contributed by atoms with Gasteiger partial charge in [-0.3, -0.25) is 0 Å². The van der Waals surface area contributed by atoms with Gasteiger partial charge in [0.1, 0.15) is 0 Å². The summed E-state index contributed by atoms with van der Waals surface area (Å²) >= 11 is 0. The van der Waals surface area contributed by atoms with Gasteiger partial charge in [0, 0.05) is 0 Å². The molecule has 1 aliphatic carbocycles. The number of allylic oxidation sites excluding steroid dienone is 2. The lowest BCUT2D eigenvalue weighted by atomic mass is 9.79. The van der Waals surface area contributed by atoms with Gasteiger partial charge in [0.15, 0.2) is 11.6 Å². The van der Waals surface area contributed by atoms with Crippen molar-refractivity contribution in [1.29, 1.82) is 0 Å². The van der Waals surface area contributed by atoms with Crippen molar-refractivity contribution in [1.82, 2.24) is 0 Å². The summed E-state index contributed by atoms with van der Waals surface area (Å²) in [6, 6.07) is 4.14. The summed E-state index contributed by atoms with van der Waals surface area (Å²) < 4.78 is 25.9. The van der Waals surface area contributed by atoms with Gasteiger partial charge in [0.2, 0.25) is 0 Å². The van der Waals surface area contributed by atoms with Crippen LogP contribution >= 0.6 is 0 Å². The summed E-state index contributed by atoms with van der Waals surface area (Å²) in [7, 11) is 0. The fourth-order valence-corrected chi connectivity index (χ4v) is 3.34. The highest BCUT2D eigenvalue weighted by molar-refractivity contribution is 5.20. The lowest BCUT2D eigenvalue weighted by Gasteiger charge is -2.27. The smallest absolute Gasteiger partial charge is 0.159 e. The van der Waals surface area contributed by atoms with Crippen molar-refractivity contribution in [2.24, 2.45) is 11.8 Å². The summed E-state index contributed by atoms with van der Waals surface area (Å²) in [4.78, 5) is 0. The number of hydrogen-bond acceptors (Lipinski definition) is 0. The summed E-state index contributed by atoms with van der Waals surface area (Å²) in [5, 5.41) is 0. The summed E-state index contributed by atoms with van der Waals surface area (Å²) in [5.74, 6) is 0.249. The Kier molecular flexibility index (Phi) is 6.41. The van der Waals surface area contributed by atoms with E-state index in [1.165, 1.54) is 50.7 Å². The van der Waals surface area contributed by atoms with Crippen LogP contribution < -0.4 is 0 Å². The molecule has 116 valence electrons. The first-order valence-electron chi connectivity index (χ1n) is 8.28. The Labute approximate surface area is 127 Å². The molecule has 1 aliphatic rings. The van der Waals surface area contributed by atoms with Crippen LogP contribution in [0.5, 0.6) is 0 Å². The molecule has 0 saturated heterocycles. The molecular weight excluding hydrogens is 266 g/mol. The average Bonchev–Trinajstić information content (AvgIpc) is 2.49. The quantitative estimate of drug-likeness (QED) is 0.559. The van der Waals surface area contributed by atoms with Crippen molar-refractivity contribution in [3.8, 4) is 0 Å². The van der Waals surface area contributed by atoms with E-state index in [1.54, 1.807) is 6.07 Å². The van der Waals surface area contributed by atoms with E-state index >= 15 is 0 Å². The summed E-state index contributed by atoms with van der Waals surface area (Å²) in [6.45, 7) is 2.27. The molecule has 2 rings (SSSR count). The van der Waals surface area contributed by atoms with Crippen LogP contribution in [0.3, 0.4) is 0 Å². The molecule has 1 aromatic rings. The van der Waals surface area contributed by atoms with Crippen molar-refractivity contribution in [3.05, 3.63) is 47.5 Å². The molecule has 0 nitrogen and oxygen atoms in total. The van der Waals surface area contributed by atoms with E-state index in [9.17, 15) is 8.78 Å². The maximum atomic E-state index is 13.1. The molecule has 0 aromatic heterocycles. The van der Waals surface area contributed by atoms with Gasteiger partial charge in [0.05, 0.1) is 0 Å². The zero-order chi connectivity index (χ0) is 15.1. The molecule has 2 heteroatoms. The normalized spacial score (nSPS) is 22.8. The predicted octanol–water partition coefficient (Wildman–Crippen LogP) is 6.06. The highest BCUT2D eigenvalue weighted by atomic mass is 19.2. The van der Waals surface area contributed by atoms with Crippen molar-refractivity contribution >= 4 is 0 Å². The third kappa shape index (κ3) is 5.26. The molecule has 0 radical (unpaired) electrons. The highest BCUT2D eigenvalue weighted by Gasteiger charge is 2.19. The second kappa shape index (κ2) is 8.31. The Balaban J connectivity index is 1.70. The molecule has 21 heavy (non-hydrogen) atoms. The zero-order valence-electron chi connectivity index (χ0n) is 13.0. The fraction of sp³-hybridized carbons (Fsp3) is 0.579. The van der Waals surface area contributed by atoms with Crippen molar-refractivity contribution in [3.63, 3.8) is 0 Å². The molecule has 0 bridgehead atoms. The van der Waals surface area contributed by atoms with Crippen LogP contribution in [0.2, 0.25) is 0 Å². The van der Waals surface area contributed by atoms with E-state index in [2.05, 4.69) is 19.1 Å². The Morgan fingerprint density at radius 3 is 2.38 bits per heavy atom. The summed E-state index contributed by atoms with van der Waals surface area (Å²) in [5.41, 5.74) is 0.830. The first-order chi connectivity index (χ1) is 10.2. The second-order valence-electron chi connectivity index (χ2n) is 6.34. The van der Waals surface area contributed by atoms with Gasteiger partial charge >= 0.3 is 0 Å². The minimum Gasteiger partial charge on any atom is -0.204 e. The van der Waals surface area contributed by atoms with Gasteiger partial charge in [0.25, 0.3) is 0 Å². The van der Waals surface area contributed by atoms with E-state index in [0.29, 0.717) is 6.42 Å². The molecule has 0 heterocycles. The number of rotatable bonds is 6. The van der Waals surface area contributed by atoms with Crippen LogP contribution in [0.1, 0.15) is 57.4 Å². The van der Waals surface area contributed by atoms with Crippen LogP contribution in [-0.4, -0.2) is 0 Å². The molecule has 0 atom stereocenters. The van der Waals surface area contributed by atoms with E-state index in [0.717, 1.165) is 23.8 Å². The van der Waals surface area contributed by atoms with Crippen LogP contribution in [0.15, 0.2) is 30.4 Å². The molecule has 0 spiro atoms. The highest BCUT2D eigenvalue weighted by Crippen LogP contribution is 2.33. The van der Waals surface area contributed by atoms with Crippen LogP contribution in [0.25, 0.3) is 0 Å². The molecule has 0 N–H and O–H groups in total. The molecule has 0 amide bonds. The number of hydrogen-bond donors (Lipinski definition) is 0. The Morgan fingerprint density at radius 2 is 1.71 bits per heavy atom. The van der Waals surface area contributed by atoms with Gasteiger partial charge in [-0.25, -0.2) is 8.78 Å². The Hall–Kier alpha value is -1.18. The minimum atomic E-state index is -0.772. The van der Waals surface area contributed by atoms with Crippen LogP contribution in [-0.2, 0) is 6.42 Å². The zero-order valence-corrected chi connectivity index (χ0v) is 13.0. The van der Waals surface area contributed by atoms with Crippen LogP contribution in [0.4, 0.5) is 8.78 Å². The van der Waals surface area contributed by atoms with Crippen molar-refractivity contribution in [2.75, 3.05) is 0 Å². The first kappa shape index (κ1) is 16.2. The molecule has 0 aliphatic heterocycles. The minimum absolute atomic E-state index is 0.683. The Morgan fingerprint density at radius 1 is 1.00 bits per heavy atom. The second-order valence-corrected chi connectivity index (χ2v) is 6.34. The molecule has 0 unspecified atom stereocenters. The Bertz CT molecular complexity index is 457. The van der Waals surface area contributed by atoms with E-state index in [4.69, 9.17) is 0 Å². The summed E-state index contributed by atoms with van der Waals surface area (Å²) in [6.07, 6.45) is 14.3. The van der Waals surface area contributed by atoms with Crippen LogP contribution in [0, 0.1) is 23.5 Å². The SMILES string of the molecule is CCCC1CCC(CC=CCc2ccc(F)c(F)c2)CC1. The maximum absolute atomic E-state index is 13.1. The third-order valence-electron chi connectivity index (χ3n) is 4.64. The monoisotopic (exact) mass is 292 g/mol. The van der Waals surface area contributed by atoms with Gasteiger partial charge in [-0.2, -0.15) is 0 Å². The van der Waals surface area contributed by atoms with Gasteiger partial charge < -0.3 is 0 Å². The largest absolute Gasteiger partial charge is 0.204 e. The van der Waals surface area contributed by atoms with Gasteiger partial charge in [-0.1, -0.05) is 50.8 Å². The van der Waals surface area contributed by atoms with Gasteiger partial charge in [-0.15, -0.1) is 0 Å². The molecule has 1 saturated carbocycles. The van der Waals surface area contributed by atoms with E-state index in [-0.39, 0.29) is 0 Å². The lowest BCUT2D eigenvalue weighted by molar-refractivity contribution is 0.263. The lowest BCUT2D eigenvalue weighted by Crippen LogP contribution is -2.13. The van der Waals surface area contributed by atoms with Crippen molar-refractivity contribution < 1.29 is 8.78 Å². The van der Waals surface area contributed by atoms with E-state index < -0.39 is 11.6 Å². The molecule has 1 aromatic carbocycles. The van der Waals surface area contributed by atoms with Crippen molar-refractivity contribution in [2.45, 2.75) is 58.3 Å². The number of benzene rings is 1. The van der Waals surface area contributed by atoms with E-state index in [1.807, 2.05) is 0 Å². The third-order valence-corrected chi connectivity index (χ3v) is 4.64. The topological polar surface area (TPSA) is 0 Å². The molecular formula is C19H26F2. The average molecular weight is 292 g/mol. The standard InChI is InChI=1S/C19H26F2/c1-2-5-15-8-10-16(11-9-15)6-3-4-7-17-12-13-18(20)19(21)14-17/h3-4,12-16H,2,5-11H2,1H3. The number of halogens is 2.